The fraction of sp³-hybridized carbons (Fsp3) is 0.382. The number of aryl methyl sites for hydroxylation is 1. The van der Waals surface area contributed by atoms with Gasteiger partial charge in [0.2, 0.25) is 0 Å². The minimum absolute atomic E-state index is 0.196. The van der Waals surface area contributed by atoms with Crippen LogP contribution in [0.1, 0.15) is 72.9 Å². The zero-order chi connectivity index (χ0) is 25.6. The van der Waals surface area contributed by atoms with E-state index in [0.717, 1.165) is 69.9 Å². The molecule has 37 heavy (non-hydrogen) atoms. The highest BCUT2D eigenvalue weighted by atomic mass is 16.2. The summed E-state index contributed by atoms with van der Waals surface area (Å²) in [7, 11) is 2.13. The second-order valence-corrected chi connectivity index (χ2v) is 11.0. The smallest absolute Gasteiger partial charge is 0.254 e. The van der Waals surface area contributed by atoms with Gasteiger partial charge in [0.15, 0.2) is 0 Å². The van der Waals surface area contributed by atoms with Gasteiger partial charge in [-0.3, -0.25) is 4.79 Å². The first-order valence-corrected chi connectivity index (χ1v) is 14.0. The number of hydrogen-bond donors (Lipinski definition) is 0. The van der Waals surface area contributed by atoms with E-state index in [0.29, 0.717) is 6.04 Å². The molecule has 3 aliphatic rings. The van der Waals surface area contributed by atoms with Gasteiger partial charge >= 0.3 is 0 Å². The molecule has 2 fully saturated rings. The standard InChI is InChI=1S/C34H40N2O/c1-26-13-20-33(23-31(26)25-35(2)24-29-11-7-4-8-12-29)36(32-21-22-32)34(37)30-18-16-28(17-19-30)15-14-27-9-5-3-6-10-27/h4-5,7-12,16-19,25,32-33H,1,3,6,13-15,20-24H2,2H3/b31-25-. The highest BCUT2D eigenvalue weighted by Crippen LogP contribution is 2.38. The second kappa shape index (κ2) is 11.8. The van der Waals surface area contributed by atoms with Crippen LogP contribution in [0, 0.1) is 0 Å². The Hall–Kier alpha value is -3.33. The lowest BCUT2D eigenvalue weighted by Crippen LogP contribution is -2.43. The summed E-state index contributed by atoms with van der Waals surface area (Å²) in [6, 6.07) is 19.6. The van der Waals surface area contributed by atoms with Gasteiger partial charge in [-0.1, -0.05) is 78.4 Å². The third-order valence-electron chi connectivity index (χ3n) is 7.88. The molecule has 5 rings (SSSR count). The summed E-state index contributed by atoms with van der Waals surface area (Å²) in [5.41, 5.74) is 7.35. The van der Waals surface area contributed by atoms with Gasteiger partial charge in [-0.25, -0.2) is 0 Å². The molecule has 0 radical (unpaired) electrons. The average molecular weight is 493 g/mol. The Morgan fingerprint density at radius 2 is 1.73 bits per heavy atom. The molecule has 2 saturated carbocycles. The summed E-state index contributed by atoms with van der Waals surface area (Å²) in [6.45, 7) is 5.24. The molecule has 1 unspecified atom stereocenters. The lowest BCUT2D eigenvalue weighted by Gasteiger charge is -2.37. The van der Waals surface area contributed by atoms with Crippen molar-refractivity contribution in [3.8, 4) is 0 Å². The van der Waals surface area contributed by atoms with Crippen molar-refractivity contribution >= 4 is 5.91 Å². The molecular weight excluding hydrogens is 452 g/mol. The highest BCUT2D eigenvalue weighted by Gasteiger charge is 2.39. The molecule has 0 aromatic heterocycles. The molecule has 0 spiro atoms. The Kier molecular flexibility index (Phi) is 8.08. The van der Waals surface area contributed by atoms with Crippen LogP contribution in [0.15, 0.2) is 102 Å². The first-order chi connectivity index (χ1) is 18.1. The van der Waals surface area contributed by atoms with Crippen LogP contribution >= 0.6 is 0 Å². The topological polar surface area (TPSA) is 23.6 Å². The van der Waals surface area contributed by atoms with Crippen LogP contribution in [0.4, 0.5) is 0 Å². The van der Waals surface area contributed by atoms with Crippen LogP contribution in [0.25, 0.3) is 0 Å². The summed E-state index contributed by atoms with van der Waals surface area (Å²) in [5.74, 6) is 0.196. The molecule has 0 saturated heterocycles. The first kappa shape index (κ1) is 25.3. The van der Waals surface area contributed by atoms with E-state index in [1.54, 1.807) is 0 Å². The number of rotatable bonds is 9. The van der Waals surface area contributed by atoms with E-state index >= 15 is 0 Å². The van der Waals surface area contributed by atoms with E-state index in [-0.39, 0.29) is 11.9 Å². The lowest BCUT2D eigenvalue weighted by atomic mass is 9.86. The van der Waals surface area contributed by atoms with Crippen molar-refractivity contribution in [2.24, 2.45) is 0 Å². The van der Waals surface area contributed by atoms with Gasteiger partial charge in [0.1, 0.15) is 0 Å². The minimum atomic E-state index is 0.196. The number of carbonyl (C=O) groups excluding carboxylic acids is 1. The Labute approximate surface area is 222 Å². The van der Waals surface area contributed by atoms with Crippen LogP contribution in [0.3, 0.4) is 0 Å². The van der Waals surface area contributed by atoms with E-state index in [4.69, 9.17) is 0 Å². The maximum Gasteiger partial charge on any atom is 0.254 e. The van der Waals surface area contributed by atoms with Crippen LogP contribution < -0.4 is 0 Å². The molecule has 2 aromatic rings. The molecule has 2 aromatic carbocycles. The summed E-state index contributed by atoms with van der Waals surface area (Å²) in [5, 5.41) is 0. The van der Waals surface area contributed by atoms with Crippen molar-refractivity contribution in [3.05, 3.63) is 119 Å². The fourth-order valence-corrected chi connectivity index (χ4v) is 5.65. The summed E-state index contributed by atoms with van der Waals surface area (Å²) in [4.78, 5) is 18.2. The molecule has 0 N–H and O–H groups in total. The summed E-state index contributed by atoms with van der Waals surface area (Å²) >= 11 is 0. The molecule has 3 heteroatoms. The van der Waals surface area contributed by atoms with Crippen molar-refractivity contribution in [1.82, 2.24) is 9.80 Å². The van der Waals surface area contributed by atoms with Crippen molar-refractivity contribution < 1.29 is 4.79 Å². The Bertz CT molecular complexity index is 1180. The van der Waals surface area contributed by atoms with Crippen LogP contribution in [-0.4, -0.2) is 34.8 Å². The SMILES string of the molecule is C=C1CCC(N(C(=O)c2ccc(CCC3=CCCC=C3)cc2)C2CC2)C/C1=C/N(C)Cc1ccccc1. The monoisotopic (exact) mass is 492 g/mol. The predicted molar refractivity (Wildman–Crippen MR) is 153 cm³/mol. The zero-order valence-corrected chi connectivity index (χ0v) is 22.2. The average Bonchev–Trinajstić information content (AvgIpc) is 3.76. The minimum Gasteiger partial charge on any atom is -0.376 e. The van der Waals surface area contributed by atoms with Gasteiger partial charge in [0, 0.05) is 37.4 Å². The van der Waals surface area contributed by atoms with Crippen molar-refractivity contribution in [3.63, 3.8) is 0 Å². The molecule has 0 bridgehead atoms. The number of hydrogen-bond acceptors (Lipinski definition) is 2. The van der Waals surface area contributed by atoms with Crippen molar-refractivity contribution in [2.45, 2.75) is 76.4 Å². The molecule has 3 aliphatic carbocycles. The van der Waals surface area contributed by atoms with Gasteiger partial charge in [-0.15, -0.1) is 0 Å². The largest absolute Gasteiger partial charge is 0.376 e. The molecule has 1 atom stereocenters. The Morgan fingerprint density at radius 1 is 0.946 bits per heavy atom. The number of carbonyl (C=O) groups is 1. The summed E-state index contributed by atoms with van der Waals surface area (Å²) < 4.78 is 0. The van der Waals surface area contributed by atoms with Gasteiger partial charge in [-0.05, 0) is 86.6 Å². The van der Waals surface area contributed by atoms with E-state index < -0.39 is 0 Å². The third kappa shape index (κ3) is 6.71. The second-order valence-electron chi connectivity index (χ2n) is 11.0. The van der Waals surface area contributed by atoms with Gasteiger partial charge in [-0.2, -0.15) is 0 Å². The van der Waals surface area contributed by atoms with E-state index in [1.807, 2.05) is 12.1 Å². The molecule has 1 amide bonds. The first-order valence-electron chi connectivity index (χ1n) is 14.0. The van der Waals surface area contributed by atoms with E-state index in [2.05, 4.69) is 90.3 Å². The quantitative estimate of drug-likeness (QED) is 0.359. The summed E-state index contributed by atoms with van der Waals surface area (Å²) in [6.07, 6.45) is 18.6. The predicted octanol–water partition coefficient (Wildman–Crippen LogP) is 7.62. The molecule has 0 heterocycles. The van der Waals surface area contributed by atoms with E-state index in [1.165, 1.54) is 27.8 Å². The van der Waals surface area contributed by atoms with E-state index in [9.17, 15) is 4.79 Å². The Morgan fingerprint density at radius 3 is 2.43 bits per heavy atom. The number of benzene rings is 2. The van der Waals surface area contributed by atoms with Crippen molar-refractivity contribution in [2.75, 3.05) is 7.05 Å². The number of allylic oxidation sites excluding steroid dienone is 5. The zero-order valence-electron chi connectivity index (χ0n) is 22.2. The third-order valence-corrected chi connectivity index (χ3v) is 7.88. The molecule has 3 nitrogen and oxygen atoms in total. The van der Waals surface area contributed by atoms with Crippen LogP contribution in [-0.2, 0) is 13.0 Å². The molecule has 0 aliphatic heterocycles. The van der Waals surface area contributed by atoms with Gasteiger partial charge in [0.25, 0.3) is 5.91 Å². The highest BCUT2D eigenvalue weighted by molar-refractivity contribution is 5.95. The van der Waals surface area contributed by atoms with Crippen molar-refractivity contribution in [1.29, 1.82) is 0 Å². The Balaban J connectivity index is 1.24. The maximum absolute atomic E-state index is 13.7. The van der Waals surface area contributed by atoms with Gasteiger partial charge in [0.05, 0.1) is 0 Å². The normalized spacial score (nSPS) is 20.6. The number of nitrogens with zero attached hydrogens (tertiary/aromatic N) is 2. The van der Waals surface area contributed by atoms with Crippen LogP contribution in [0.2, 0.25) is 0 Å². The fourth-order valence-electron chi connectivity index (χ4n) is 5.65. The molecule has 192 valence electrons. The molecular formula is C34H40N2O. The number of amides is 1. The van der Waals surface area contributed by atoms with Crippen LogP contribution in [0.5, 0.6) is 0 Å². The lowest BCUT2D eigenvalue weighted by molar-refractivity contribution is 0.0642. The maximum atomic E-state index is 13.7. The van der Waals surface area contributed by atoms with Gasteiger partial charge < -0.3 is 9.80 Å².